The van der Waals surface area contributed by atoms with E-state index in [0.717, 1.165) is 12.8 Å². The SMILES string of the molecule is CBc1cccc(CNC(=O)c2cnc(N)s2)c1. The maximum absolute atomic E-state index is 11.8. The Morgan fingerprint density at radius 3 is 3.06 bits per heavy atom. The Bertz CT molecular complexity index is 556. The van der Waals surface area contributed by atoms with Gasteiger partial charge in [-0.3, -0.25) is 4.79 Å². The molecule has 0 saturated heterocycles. The second-order valence-electron chi connectivity index (χ2n) is 3.92. The Morgan fingerprint density at radius 1 is 1.56 bits per heavy atom. The quantitative estimate of drug-likeness (QED) is 0.797. The lowest BCUT2D eigenvalue weighted by Gasteiger charge is -2.05. The minimum Gasteiger partial charge on any atom is -0.375 e. The van der Waals surface area contributed by atoms with Crippen LogP contribution in [-0.4, -0.2) is 18.2 Å². The van der Waals surface area contributed by atoms with Crippen LogP contribution in [0.1, 0.15) is 15.2 Å². The molecule has 6 heteroatoms. The number of anilines is 1. The number of amides is 1. The van der Waals surface area contributed by atoms with E-state index in [1.165, 1.54) is 23.0 Å². The highest BCUT2D eigenvalue weighted by Gasteiger charge is 2.08. The van der Waals surface area contributed by atoms with Gasteiger partial charge < -0.3 is 11.1 Å². The molecule has 0 aliphatic carbocycles. The number of thiazole rings is 1. The van der Waals surface area contributed by atoms with Gasteiger partial charge in [0.15, 0.2) is 12.4 Å². The largest absolute Gasteiger partial charge is 0.375 e. The lowest BCUT2D eigenvalue weighted by Crippen LogP contribution is -2.22. The normalized spacial score (nSPS) is 10.1. The summed E-state index contributed by atoms with van der Waals surface area (Å²) in [4.78, 5) is 16.2. The standard InChI is InChI=1S/C12H14BN3OS/c1-13-9-4-2-3-8(5-9)6-15-11(17)10-7-16-12(14)18-10/h2-5,7,13H,6H2,1H3,(H2,14,16)(H,15,17). The van der Waals surface area contributed by atoms with Crippen LogP contribution in [0.3, 0.4) is 0 Å². The third-order valence-electron chi connectivity index (χ3n) is 2.60. The summed E-state index contributed by atoms with van der Waals surface area (Å²) in [5, 5.41) is 3.27. The summed E-state index contributed by atoms with van der Waals surface area (Å²) in [5.41, 5.74) is 7.85. The molecule has 18 heavy (non-hydrogen) atoms. The van der Waals surface area contributed by atoms with Crippen molar-refractivity contribution >= 4 is 35.1 Å². The van der Waals surface area contributed by atoms with Gasteiger partial charge in [-0.05, 0) is 5.56 Å². The molecule has 0 saturated carbocycles. The van der Waals surface area contributed by atoms with Gasteiger partial charge in [0, 0.05) is 6.54 Å². The minimum absolute atomic E-state index is 0.133. The van der Waals surface area contributed by atoms with Gasteiger partial charge in [-0.2, -0.15) is 0 Å². The molecule has 1 aromatic heterocycles. The average Bonchev–Trinajstić information content (AvgIpc) is 2.83. The zero-order valence-electron chi connectivity index (χ0n) is 10.1. The summed E-state index contributed by atoms with van der Waals surface area (Å²) >= 11 is 1.19. The number of nitrogens with zero attached hydrogens (tertiary/aromatic N) is 1. The van der Waals surface area contributed by atoms with Crippen molar-refractivity contribution in [2.75, 3.05) is 5.73 Å². The number of carbonyl (C=O) groups excluding carboxylic acids is 1. The predicted molar refractivity (Wildman–Crippen MR) is 76.8 cm³/mol. The van der Waals surface area contributed by atoms with E-state index in [1.54, 1.807) is 0 Å². The molecule has 1 aromatic carbocycles. The summed E-state index contributed by atoms with van der Waals surface area (Å²) in [6.45, 7) is 2.63. The van der Waals surface area contributed by atoms with Gasteiger partial charge in [-0.15, -0.1) is 0 Å². The number of aromatic nitrogens is 1. The van der Waals surface area contributed by atoms with Crippen LogP contribution in [0, 0.1) is 0 Å². The first-order valence-electron chi connectivity index (χ1n) is 5.76. The zero-order chi connectivity index (χ0) is 13.0. The van der Waals surface area contributed by atoms with Gasteiger partial charge >= 0.3 is 0 Å². The number of nitrogens with two attached hydrogens (primary N) is 1. The van der Waals surface area contributed by atoms with Crippen LogP contribution in [0.2, 0.25) is 6.82 Å². The van der Waals surface area contributed by atoms with Gasteiger partial charge in [-0.1, -0.05) is 47.9 Å². The maximum Gasteiger partial charge on any atom is 0.263 e. The molecule has 0 aliphatic heterocycles. The van der Waals surface area contributed by atoms with Crippen molar-refractivity contribution in [3.63, 3.8) is 0 Å². The topological polar surface area (TPSA) is 68.0 Å². The minimum atomic E-state index is -0.133. The molecule has 92 valence electrons. The highest BCUT2D eigenvalue weighted by atomic mass is 32.1. The molecular weight excluding hydrogens is 245 g/mol. The van der Waals surface area contributed by atoms with Crippen LogP contribution in [0.5, 0.6) is 0 Å². The van der Waals surface area contributed by atoms with Crippen molar-refractivity contribution in [1.82, 2.24) is 10.3 Å². The summed E-state index contributed by atoms with van der Waals surface area (Å²) < 4.78 is 0. The van der Waals surface area contributed by atoms with Gasteiger partial charge in [0.05, 0.1) is 6.20 Å². The lowest BCUT2D eigenvalue weighted by molar-refractivity contribution is 0.0955. The summed E-state index contributed by atoms with van der Waals surface area (Å²) in [6.07, 6.45) is 1.50. The molecule has 3 N–H and O–H groups in total. The molecule has 0 atom stereocenters. The summed E-state index contributed by atoms with van der Waals surface area (Å²) in [5.74, 6) is -0.133. The van der Waals surface area contributed by atoms with Gasteiger partial charge in [0.25, 0.3) is 5.91 Å². The fourth-order valence-corrected chi connectivity index (χ4v) is 2.22. The Balaban J connectivity index is 1.97. The fourth-order valence-electron chi connectivity index (χ4n) is 1.62. The lowest BCUT2D eigenvalue weighted by atomic mass is 9.73. The van der Waals surface area contributed by atoms with Crippen LogP contribution < -0.4 is 16.5 Å². The molecule has 0 bridgehead atoms. The van der Waals surface area contributed by atoms with E-state index >= 15 is 0 Å². The van der Waals surface area contributed by atoms with Crippen molar-refractivity contribution in [2.45, 2.75) is 13.4 Å². The number of rotatable bonds is 4. The van der Waals surface area contributed by atoms with Crippen LogP contribution in [0.15, 0.2) is 30.5 Å². The van der Waals surface area contributed by atoms with Crippen molar-refractivity contribution in [2.24, 2.45) is 0 Å². The molecule has 0 unspecified atom stereocenters. The fraction of sp³-hybridized carbons (Fsp3) is 0.167. The third-order valence-corrected chi connectivity index (χ3v) is 3.43. The molecule has 4 nitrogen and oxygen atoms in total. The van der Waals surface area contributed by atoms with Crippen LogP contribution in [-0.2, 0) is 6.54 Å². The number of nitrogens with one attached hydrogen (secondary N) is 1. The second kappa shape index (κ2) is 5.68. The molecule has 1 heterocycles. The third kappa shape index (κ3) is 3.10. The van der Waals surface area contributed by atoms with E-state index in [-0.39, 0.29) is 5.91 Å². The smallest absolute Gasteiger partial charge is 0.263 e. The van der Waals surface area contributed by atoms with E-state index < -0.39 is 0 Å². The molecule has 0 aliphatic rings. The molecule has 1 amide bonds. The first kappa shape index (κ1) is 12.6. The number of hydrogen-bond acceptors (Lipinski definition) is 4. The molecular formula is C12H14BN3OS. The molecule has 0 radical (unpaired) electrons. The van der Waals surface area contributed by atoms with E-state index in [0.29, 0.717) is 16.6 Å². The molecule has 0 fully saturated rings. The number of benzene rings is 1. The molecule has 0 spiro atoms. The predicted octanol–water partition coefficient (Wildman–Crippen LogP) is 0.765. The second-order valence-corrected chi connectivity index (χ2v) is 4.98. The first-order chi connectivity index (χ1) is 8.69. The Labute approximate surface area is 110 Å². The van der Waals surface area contributed by atoms with Crippen molar-refractivity contribution in [3.8, 4) is 0 Å². The molecule has 2 rings (SSSR count). The average molecular weight is 259 g/mol. The van der Waals surface area contributed by atoms with E-state index in [2.05, 4.69) is 29.3 Å². The highest BCUT2D eigenvalue weighted by molar-refractivity contribution is 7.17. The Hall–Kier alpha value is -1.82. The van der Waals surface area contributed by atoms with Gasteiger partial charge in [0.2, 0.25) is 0 Å². The van der Waals surface area contributed by atoms with Gasteiger partial charge in [-0.25, -0.2) is 4.98 Å². The first-order valence-corrected chi connectivity index (χ1v) is 6.58. The van der Waals surface area contributed by atoms with Gasteiger partial charge in [0.1, 0.15) is 4.88 Å². The highest BCUT2D eigenvalue weighted by Crippen LogP contribution is 2.13. The van der Waals surface area contributed by atoms with E-state index in [4.69, 9.17) is 5.73 Å². The monoisotopic (exact) mass is 259 g/mol. The van der Waals surface area contributed by atoms with E-state index in [1.807, 2.05) is 12.1 Å². The Kier molecular flexibility index (Phi) is 3.99. The van der Waals surface area contributed by atoms with Crippen molar-refractivity contribution < 1.29 is 4.79 Å². The van der Waals surface area contributed by atoms with Crippen molar-refractivity contribution in [1.29, 1.82) is 0 Å². The molecule has 2 aromatic rings. The summed E-state index contributed by atoms with van der Waals surface area (Å²) in [6, 6.07) is 8.18. The van der Waals surface area contributed by atoms with Crippen molar-refractivity contribution in [3.05, 3.63) is 40.9 Å². The Morgan fingerprint density at radius 2 is 2.39 bits per heavy atom. The number of carbonyl (C=O) groups is 1. The number of hydrogen-bond donors (Lipinski definition) is 2. The summed E-state index contributed by atoms with van der Waals surface area (Å²) in [7, 11) is 0.993. The maximum atomic E-state index is 11.8. The van der Waals surface area contributed by atoms with Crippen LogP contribution in [0.25, 0.3) is 0 Å². The van der Waals surface area contributed by atoms with E-state index in [9.17, 15) is 4.79 Å². The number of nitrogen functional groups attached to an aromatic ring is 1. The van der Waals surface area contributed by atoms with Crippen LogP contribution >= 0.6 is 11.3 Å². The zero-order valence-corrected chi connectivity index (χ0v) is 11.0. The van der Waals surface area contributed by atoms with Crippen LogP contribution in [0.4, 0.5) is 5.13 Å².